The lowest BCUT2D eigenvalue weighted by Gasteiger charge is -2.38. The van der Waals surface area contributed by atoms with Crippen LogP contribution in [0.25, 0.3) is 11.3 Å². The maximum atomic E-state index is 12.6. The van der Waals surface area contributed by atoms with Crippen LogP contribution in [0, 0.1) is 5.41 Å². The second-order valence-corrected chi connectivity index (χ2v) is 7.86. The van der Waals surface area contributed by atoms with E-state index in [9.17, 15) is 9.59 Å². The topological polar surface area (TPSA) is 84.4 Å². The molecule has 7 nitrogen and oxygen atoms in total. The van der Waals surface area contributed by atoms with Gasteiger partial charge in [0, 0.05) is 36.2 Å². The third-order valence-electron chi connectivity index (χ3n) is 5.24. The van der Waals surface area contributed by atoms with E-state index in [2.05, 4.69) is 22.2 Å². The molecule has 2 aliphatic rings. The van der Waals surface area contributed by atoms with Gasteiger partial charge in [0.2, 0.25) is 0 Å². The Morgan fingerprint density at radius 3 is 2.71 bits per heavy atom. The lowest BCUT2D eigenvalue weighted by atomic mass is 9.88. The van der Waals surface area contributed by atoms with Crippen molar-refractivity contribution < 1.29 is 14.3 Å². The first-order chi connectivity index (χ1) is 13.5. The van der Waals surface area contributed by atoms with Crippen LogP contribution in [0.2, 0.25) is 0 Å². The summed E-state index contributed by atoms with van der Waals surface area (Å²) in [4.78, 5) is 35.6. The average molecular weight is 380 g/mol. The largest absolute Gasteiger partial charge is 0.380 e. The molecule has 3 heterocycles. The predicted molar refractivity (Wildman–Crippen MR) is 104 cm³/mol. The summed E-state index contributed by atoms with van der Waals surface area (Å²) in [6.45, 7) is 5.54. The molecule has 1 aromatic carbocycles. The summed E-state index contributed by atoms with van der Waals surface area (Å²) in [7, 11) is 0. The maximum absolute atomic E-state index is 12.6. The van der Waals surface area contributed by atoms with E-state index in [4.69, 9.17) is 4.74 Å². The van der Waals surface area contributed by atoms with E-state index in [0.717, 1.165) is 31.5 Å². The Morgan fingerprint density at radius 2 is 2.00 bits per heavy atom. The third-order valence-corrected chi connectivity index (χ3v) is 5.24. The van der Waals surface area contributed by atoms with Crippen molar-refractivity contribution in [3.63, 3.8) is 0 Å². The van der Waals surface area contributed by atoms with Crippen LogP contribution in [0.3, 0.4) is 0 Å². The Kier molecular flexibility index (Phi) is 5.09. The molecule has 0 spiro atoms. The van der Waals surface area contributed by atoms with E-state index in [1.165, 1.54) is 6.20 Å². The lowest BCUT2D eigenvalue weighted by molar-refractivity contribution is -0.0978. The number of likely N-dealkylation sites (tertiary alicyclic amines) is 1. The van der Waals surface area contributed by atoms with Crippen LogP contribution in [0.15, 0.2) is 36.7 Å². The summed E-state index contributed by atoms with van der Waals surface area (Å²) in [5, 5.41) is 2.97. The van der Waals surface area contributed by atoms with E-state index in [1.807, 2.05) is 17.0 Å². The van der Waals surface area contributed by atoms with E-state index in [0.29, 0.717) is 36.7 Å². The smallest absolute Gasteiger partial charge is 0.274 e. The minimum absolute atomic E-state index is 0.0169. The van der Waals surface area contributed by atoms with Crippen molar-refractivity contribution in [2.45, 2.75) is 19.8 Å². The van der Waals surface area contributed by atoms with Crippen molar-refractivity contribution in [2.75, 3.05) is 32.8 Å². The first-order valence-corrected chi connectivity index (χ1v) is 9.62. The van der Waals surface area contributed by atoms with Gasteiger partial charge in [-0.1, -0.05) is 19.1 Å². The molecule has 2 aromatic rings. The number of aromatic nitrogens is 2. The molecule has 1 aromatic heterocycles. The number of carbonyl (C=O) groups excluding carboxylic acids is 2. The highest BCUT2D eigenvalue weighted by atomic mass is 16.5. The first kappa shape index (κ1) is 18.6. The van der Waals surface area contributed by atoms with Gasteiger partial charge in [0.15, 0.2) is 0 Å². The van der Waals surface area contributed by atoms with Crippen LogP contribution in [0.4, 0.5) is 0 Å². The molecular formula is C21H24N4O3. The third kappa shape index (κ3) is 3.89. The molecule has 4 rings (SSSR count). The van der Waals surface area contributed by atoms with E-state index >= 15 is 0 Å². The Labute approximate surface area is 164 Å². The molecule has 0 saturated carbocycles. The zero-order valence-corrected chi connectivity index (χ0v) is 16.0. The number of carbonyl (C=O) groups is 2. The van der Waals surface area contributed by atoms with Crippen molar-refractivity contribution in [1.82, 2.24) is 20.2 Å². The molecule has 0 atom stereocenters. The van der Waals surface area contributed by atoms with Gasteiger partial charge < -0.3 is 15.0 Å². The molecule has 2 saturated heterocycles. The highest BCUT2D eigenvalue weighted by Gasteiger charge is 2.33. The number of hydrogen-bond donors (Lipinski definition) is 1. The van der Waals surface area contributed by atoms with Crippen LogP contribution >= 0.6 is 0 Å². The second kappa shape index (κ2) is 7.67. The number of ether oxygens (including phenoxy) is 1. The molecule has 0 aliphatic carbocycles. The molecule has 0 bridgehead atoms. The summed E-state index contributed by atoms with van der Waals surface area (Å²) in [6, 6.07) is 7.23. The van der Waals surface area contributed by atoms with Gasteiger partial charge in [-0.05, 0) is 25.0 Å². The van der Waals surface area contributed by atoms with Crippen molar-refractivity contribution in [2.24, 2.45) is 5.41 Å². The highest BCUT2D eigenvalue weighted by Crippen LogP contribution is 2.25. The summed E-state index contributed by atoms with van der Waals surface area (Å²) in [5.41, 5.74) is 2.25. The van der Waals surface area contributed by atoms with Gasteiger partial charge >= 0.3 is 0 Å². The summed E-state index contributed by atoms with van der Waals surface area (Å²) >= 11 is 0. The molecule has 2 amide bonds. The molecule has 2 fully saturated rings. The van der Waals surface area contributed by atoms with Crippen LogP contribution in [-0.4, -0.2) is 59.5 Å². The molecule has 28 heavy (non-hydrogen) atoms. The fraction of sp³-hybridized carbons (Fsp3) is 0.429. The zero-order valence-electron chi connectivity index (χ0n) is 16.0. The Bertz CT molecular complexity index is 889. The lowest BCUT2D eigenvalue weighted by Crippen LogP contribution is -2.48. The van der Waals surface area contributed by atoms with Gasteiger partial charge in [-0.2, -0.15) is 0 Å². The fourth-order valence-corrected chi connectivity index (χ4v) is 3.46. The van der Waals surface area contributed by atoms with Crippen molar-refractivity contribution >= 4 is 11.8 Å². The number of benzene rings is 1. The minimum atomic E-state index is -0.132. The molecule has 0 radical (unpaired) electrons. The molecular weight excluding hydrogens is 356 g/mol. The summed E-state index contributed by atoms with van der Waals surface area (Å²) in [5.74, 6) is -0.219. The zero-order chi connectivity index (χ0) is 19.6. The van der Waals surface area contributed by atoms with Gasteiger partial charge in [0.25, 0.3) is 11.8 Å². The number of rotatable bonds is 5. The van der Waals surface area contributed by atoms with Gasteiger partial charge in [-0.15, -0.1) is 0 Å². The van der Waals surface area contributed by atoms with Gasteiger partial charge in [0.05, 0.1) is 31.3 Å². The van der Waals surface area contributed by atoms with Gasteiger partial charge in [-0.25, -0.2) is 4.98 Å². The maximum Gasteiger partial charge on any atom is 0.274 e. The normalized spacial score (nSPS) is 17.8. The van der Waals surface area contributed by atoms with Crippen molar-refractivity contribution in [1.29, 1.82) is 0 Å². The van der Waals surface area contributed by atoms with Crippen LogP contribution < -0.4 is 5.32 Å². The monoisotopic (exact) mass is 380 g/mol. The average Bonchev–Trinajstić information content (AvgIpc) is 3.25. The Morgan fingerprint density at radius 1 is 1.21 bits per heavy atom. The molecule has 2 aliphatic heterocycles. The number of nitrogens with one attached hydrogen (secondary N) is 1. The van der Waals surface area contributed by atoms with Crippen LogP contribution in [0.1, 0.15) is 40.6 Å². The van der Waals surface area contributed by atoms with Crippen molar-refractivity contribution in [3.05, 3.63) is 47.9 Å². The quantitative estimate of drug-likeness (QED) is 0.859. The minimum Gasteiger partial charge on any atom is -0.380 e. The number of amides is 2. The summed E-state index contributed by atoms with van der Waals surface area (Å²) < 4.78 is 5.22. The molecule has 1 N–H and O–H groups in total. The van der Waals surface area contributed by atoms with Gasteiger partial charge in [-0.3, -0.25) is 14.6 Å². The molecule has 0 unspecified atom stereocenters. The van der Waals surface area contributed by atoms with Crippen LogP contribution in [0.5, 0.6) is 0 Å². The Hall–Kier alpha value is -2.80. The second-order valence-electron chi connectivity index (χ2n) is 7.86. The highest BCUT2D eigenvalue weighted by molar-refractivity contribution is 5.95. The van der Waals surface area contributed by atoms with E-state index in [-0.39, 0.29) is 17.2 Å². The first-order valence-electron chi connectivity index (χ1n) is 9.62. The molecule has 7 heteroatoms. The Balaban J connectivity index is 1.50. The molecule has 146 valence electrons. The van der Waals surface area contributed by atoms with Crippen molar-refractivity contribution in [3.8, 4) is 11.3 Å². The van der Waals surface area contributed by atoms with Crippen LogP contribution in [-0.2, 0) is 4.74 Å². The van der Waals surface area contributed by atoms with E-state index < -0.39 is 0 Å². The predicted octanol–water partition coefficient (Wildman–Crippen LogP) is 2.15. The SMILES string of the molecule is CC1(CNC(=O)c2cccc(-c3cncc(C(=O)N4CCCC4)n3)c2)COC1. The van der Waals surface area contributed by atoms with Gasteiger partial charge in [0.1, 0.15) is 5.69 Å². The van der Waals surface area contributed by atoms with E-state index in [1.54, 1.807) is 18.3 Å². The summed E-state index contributed by atoms with van der Waals surface area (Å²) in [6.07, 6.45) is 5.18. The number of nitrogens with zero attached hydrogens (tertiary/aromatic N) is 3. The standard InChI is InChI=1S/C21H24N4O3/c1-21(13-28-14-21)12-23-19(26)16-6-4-5-15(9-16)17-10-22-11-18(24-17)20(27)25-7-2-3-8-25/h4-6,9-11H,2-3,7-8,12-14H2,1H3,(H,23,26). The number of hydrogen-bond acceptors (Lipinski definition) is 5. The fourth-order valence-electron chi connectivity index (χ4n) is 3.46.